The minimum Gasteiger partial charge on any atom is -0.394 e. The summed E-state index contributed by atoms with van der Waals surface area (Å²) in [5, 5.41) is 8.79. The summed E-state index contributed by atoms with van der Waals surface area (Å²) in [4.78, 5) is 12.5. The molecule has 3 nitrogen and oxygen atoms in total. The maximum Gasteiger partial charge on any atom is 0.283 e. The summed E-state index contributed by atoms with van der Waals surface area (Å²) in [5.41, 5.74) is 0. The van der Waals surface area contributed by atoms with Crippen molar-refractivity contribution in [2.75, 3.05) is 13.2 Å². The molecule has 1 amide bonds. The average molecular weight is 255 g/mol. The van der Waals surface area contributed by atoms with Crippen LogP contribution in [0.3, 0.4) is 0 Å². The van der Waals surface area contributed by atoms with Crippen molar-refractivity contribution < 1.29 is 9.90 Å². The lowest BCUT2D eigenvalue weighted by atomic mass is 10.2. The molecule has 1 saturated heterocycles. The van der Waals surface area contributed by atoms with E-state index in [2.05, 4.69) is 0 Å². The highest BCUT2D eigenvalue weighted by Gasteiger charge is 2.25. The topological polar surface area (TPSA) is 40.5 Å². The van der Waals surface area contributed by atoms with Crippen molar-refractivity contribution in [2.45, 2.75) is 18.9 Å². The van der Waals surface area contributed by atoms with E-state index in [1.165, 1.54) is 0 Å². The van der Waals surface area contributed by atoms with Gasteiger partial charge in [-0.15, -0.1) is 0 Å². The van der Waals surface area contributed by atoms with Gasteiger partial charge < -0.3 is 10.0 Å². The number of likely N-dealkylation sites (tertiary alicyclic amines) is 1. The van der Waals surface area contributed by atoms with Crippen LogP contribution in [0.5, 0.6) is 0 Å². The molecule has 0 aromatic heterocycles. The average Bonchev–Trinajstić information content (AvgIpc) is 2.33. The Balaban J connectivity index is 2.50. The zero-order valence-corrected chi connectivity index (χ0v) is 7.74. The summed E-state index contributed by atoms with van der Waals surface area (Å²) in [5.74, 6) is 0. The standard InChI is InChI=1S/C6H10INO2/c7-6(10)8-3-1-2-5(8)4-9/h5,9H,1-4H2/t5-/m1/s1. The Morgan fingerprint density at radius 3 is 2.90 bits per heavy atom. The fourth-order valence-corrected chi connectivity index (χ4v) is 1.89. The van der Waals surface area contributed by atoms with E-state index in [4.69, 9.17) is 5.11 Å². The molecule has 0 radical (unpaired) electrons. The van der Waals surface area contributed by atoms with Gasteiger partial charge in [-0.25, -0.2) is 0 Å². The van der Waals surface area contributed by atoms with Gasteiger partial charge in [-0.2, -0.15) is 0 Å². The monoisotopic (exact) mass is 255 g/mol. The van der Waals surface area contributed by atoms with Crippen molar-refractivity contribution in [3.63, 3.8) is 0 Å². The van der Waals surface area contributed by atoms with Crippen molar-refractivity contribution in [3.8, 4) is 0 Å². The third-order valence-corrected chi connectivity index (χ3v) is 2.43. The van der Waals surface area contributed by atoms with E-state index in [1.54, 1.807) is 27.5 Å². The summed E-state index contributed by atoms with van der Waals surface area (Å²) < 4.78 is 0.0501. The molecule has 58 valence electrons. The highest BCUT2D eigenvalue weighted by Crippen LogP contribution is 2.18. The molecule has 1 heterocycles. The second-order valence-corrected chi connectivity index (χ2v) is 3.35. The quantitative estimate of drug-likeness (QED) is 0.431. The van der Waals surface area contributed by atoms with Gasteiger partial charge in [0.2, 0.25) is 0 Å². The van der Waals surface area contributed by atoms with Gasteiger partial charge >= 0.3 is 0 Å². The first-order chi connectivity index (χ1) is 4.75. The van der Waals surface area contributed by atoms with Crippen LogP contribution >= 0.6 is 22.6 Å². The van der Waals surface area contributed by atoms with E-state index in [-0.39, 0.29) is 16.6 Å². The van der Waals surface area contributed by atoms with Crippen LogP contribution < -0.4 is 0 Å². The summed E-state index contributed by atoms with van der Waals surface area (Å²) in [7, 11) is 0. The van der Waals surface area contributed by atoms with Gasteiger partial charge in [-0.3, -0.25) is 4.79 Å². The van der Waals surface area contributed by atoms with E-state index < -0.39 is 0 Å². The minimum absolute atomic E-state index is 0.0501. The van der Waals surface area contributed by atoms with Crippen molar-refractivity contribution in [2.24, 2.45) is 0 Å². The van der Waals surface area contributed by atoms with Crippen LogP contribution in [0.4, 0.5) is 4.79 Å². The van der Waals surface area contributed by atoms with Gasteiger partial charge in [0, 0.05) is 29.1 Å². The van der Waals surface area contributed by atoms with Gasteiger partial charge in [0.15, 0.2) is 0 Å². The lowest BCUT2D eigenvalue weighted by Gasteiger charge is -2.19. The molecule has 1 atom stereocenters. The molecule has 0 saturated carbocycles. The van der Waals surface area contributed by atoms with E-state index in [0.29, 0.717) is 0 Å². The first-order valence-corrected chi connectivity index (χ1v) is 4.40. The summed E-state index contributed by atoms with van der Waals surface area (Å²) in [6, 6.07) is 0.0874. The Labute approximate surface area is 73.5 Å². The number of carbonyl (C=O) groups is 1. The molecule has 0 aliphatic carbocycles. The molecule has 0 aromatic carbocycles. The first kappa shape index (κ1) is 8.26. The number of halogens is 1. The molecule has 0 aromatic rings. The molecule has 4 heteroatoms. The normalized spacial score (nSPS) is 25.4. The van der Waals surface area contributed by atoms with Gasteiger partial charge in [-0.1, -0.05) is 0 Å². The number of nitrogens with zero attached hydrogens (tertiary/aromatic N) is 1. The van der Waals surface area contributed by atoms with Crippen LogP contribution in [0.2, 0.25) is 0 Å². The number of hydrogen-bond acceptors (Lipinski definition) is 2. The molecule has 1 N–H and O–H groups in total. The van der Waals surface area contributed by atoms with Crippen molar-refractivity contribution in [3.05, 3.63) is 0 Å². The highest BCUT2D eigenvalue weighted by molar-refractivity contribution is 14.1. The molecular formula is C6H10INO2. The van der Waals surface area contributed by atoms with Gasteiger partial charge in [-0.05, 0) is 12.8 Å². The maximum absolute atomic E-state index is 10.8. The van der Waals surface area contributed by atoms with Crippen molar-refractivity contribution >= 4 is 26.5 Å². The van der Waals surface area contributed by atoms with Gasteiger partial charge in [0.05, 0.1) is 12.6 Å². The number of aliphatic hydroxyl groups is 1. The Hall–Kier alpha value is 0.160. The van der Waals surface area contributed by atoms with Crippen molar-refractivity contribution in [1.29, 1.82) is 0 Å². The van der Waals surface area contributed by atoms with Gasteiger partial charge in [0.25, 0.3) is 3.91 Å². The molecule has 1 rings (SSSR count). The molecular weight excluding hydrogens is 245 g/mol. The smallest absolute Gasteiger partial charge is 0.283 e. The highest BCUT2D eigenvalue weighted by atomic mass is 127. The largest absolute Gasteiger partial charge is 0.394 e. The number of hydrogen-bond donors (Lipinski definition) is 1. The van der Waals surface area contributed by atoms with E-state index in [0.717, 1.165) is 19.4 Å². The van der Waals surface area contributed by atoms with Crippen molar-refractivity contribution in [1.82, 2.24) is 4.90 Å². The molecule has 0 spiro atoms. The van der Waals surface area contributed by atoms with E-state index in [1.807, 2.05) is 0 Å². The summed E-state index contributed by atoms with van der Waals surface area (Å²) >= 11 is 1.76. The van der Waals surface area contributed by atoms with Crippen LogP contribution in [0.1, 0.15) is 12.8 Å². The first-order valence-electron chi connectivity index (χ1n) is 3.32. The Morgan fingerprint density at radius 2 is 2.50 bits per heavy atom. The van der Waals surface area contributed by atoms with E-state index in [9.17, 15) is 4.79 Å². The Bertz CT molecular complexity index is 140. The van der Waals surface area contributed by atoms with Gasteiger partial charge in [0.1, 0.15) is 0 Å². The van der Waals surface area contributed by atoms with Crippen LogP contribution in [0, 0.1) is 0 Å². The van der Waals surface area contributed by atoms with Crippen LogP contribution in [0.25, 0.3) is 0 Å². The number of rotatable bonds is 1. The Morgan fingerprint density at radius 1 is 1.80 bits per heavy atom. The van der Waals surface area contributed by atoms with Crippen LogP contribution in [0.15, 0.2) is 0 Å². The number of aliphatic hydroxyl groups excluding tert-OH is 1. The molecule has 0 unspecified atom stereocenters. The molecule has 10 heavy (non-hydrogen) atoms. The lowest BCUT2D eigenvalue weighted by Crippen LogP contribution is -2.33. The number of carbonyl (C=O) groups excluding carboxylic acids is 1. The van der Waals surface area contributed by atoms with Crippen LogP contribution in [-0.2, 0) is 0 Å². The minimum atomic E-state index is 0.0501. The second-order valence-electron chi connectivity index (χ2n) is 2.42. The molecule has 1 aliphatic heterocycles. The van der Waals surface area contributed by atoms with Crippen LogP contribution in [-0.4, -0.2) is 33.1 Å². The fraction of sp³-hybridized carbons (Fsp3) is 0.833. The fourth-order valence-electron chi connectivity index (χ4n) is 1.26. The number of amides is 1. The summed E-state index contributed by atoms with van der Waals surface area (Å²) in [6.07, 6.45) is 1.98. The summed E-state index contributed by atoms with van der Waals surface area (Å²) in [6.45, 7) is 0.918. The van der Waals surface area contributed by atoms with E-state index >= 15 is 0 Å². The SMILES string of the molecule is O=C(I)N1CCC[C@@H]1CO. The Kier molecular flexibility index (Phi) is 2.91. The second kappa shape index (κ2) is 3.52. The predicted molar refractivity (Wildman–Crippen MR) is 46.2 cm³/mol. The molecule has 1 aliphatic rings. The lowest BCUT2D eigenvalue weighted by molar-refractivity contribution is 0.176. The predicted octanol–water partition coefficient (Wildman–Crippen LogP) is 0.998. The molecule has 1 fully saturated rings. The molecule has 0 bridgehead atoms. The third-order valence-electron chi connectivity index (χ3n) is 1.81. The maximum atomic E-state index is 10.8. The zero-order valence-electron chi connectivity index (χ0n) is 5.59. The zero-order chi connectivity index (χ0) is 7.56. The third kappa shape index (κ3) is 1.60.